The van der Waals surface area contributed by atoms with Crippen molar-refractivity contribution in [1.82, 2.24) is 0 Å². The molecule has 0 amide bonds. The second kappa shape index (κ2) is 9.86. The lowest BCUT2D eigenvalue weighted by molar-refractivity contribution is -0.576. The molecular formula is C18H24Cl2N2. The van der Waals surface area contributed by atoms with Crippen LogP contribution in [-0.4, -0.2) is 13.1 Å². The van der Waals surface area contributed by atoms with Crippen molar-refractivity contribution in [2.45, 2.75) is 25.7 Å². The number of hydrogen-bond acceptors (Lipinski definition) is 0. The Labute approximate surface area is 145 Å². The van der Waals surface area contributed by atoms with E-state index in [1.54, 1.807) is 0 Å². The number of aryl methyl sites for hydroxylation is 2. The summed E-state index contributed by atoms with van der Waals surface area (Å²) in [6.45, 7) is 2.52. The number of nitrogens with two attached hydrogens (primary N) is 2. The van der Waals surface area contributed by atoms with Crippen LogP contribution in [0.2, 0.25) is 0 Å². The van der Waals surface area contributed by atoms with Crippen LogP contribution in [0.25, 0.3) is 0 Å². The van der Waals surface area contributed by atoms with Gasteiger partial charge in [-0.05, 0) is 25.0 Å². The van der Waals surface area contributed by atoms with Crippen LogP contribution in [0, 0.1) is 0 Å². The molecule has 2 heterocycles. The average molecular weight is 339 g/mol. The van der Waals surface area contributed by atoms with E-state index in [0.717, 1.165) is 0 Å². The predicted molar refractivity (Wildman–Crippen MR) is 82.4 cm³/mol. The Kier molecular flexibility index (Phi) is 8.51. The van der Waals surface area contributed by atoms with E-state index in [1.165, 1.54) is 61.3 Å². The summed E-state index contributed by atoms with van der Waals surface area (Å²) in [7, 11) is 0. The fourth-order valence-corrected chi connectivity index (χ4v) is 3.02. The van der Waals surface area contributed by atoms with Crippen molar-refractivity contribution in [1.29, 1.82) is 0 Å². The minimum atomic E-state index is 0. The Bertz CT molecular complexity index is 471. The van der Waals surface area contributed by atoms with Crippen molar-refractivity contribution >= 4 is 11.4 Å². The molecule has 0 saturated heterocycles. The second-order valence-corrected chi connectivity index (χ2v) is 5.59. The molecule has 0 fully saturated rings. The van der Waals surface area contributed by atoms with Crippen LogP contribution in [0.3, 0.4) is 0 Å². The molecule has 2 aliphatic heterocycles. The van der Waals surface area contributed by atoms with Gasteiger partial charge in [-0.15, -0.1) is 0 Å². The lowest BCUT2D eigenvalue weighted by atomic mass is 10.0. The number of hydrogen-bond donors (Lipinski definition) is 2. The molecule has 0 atom stereocenters. The summed E-state index contributed by atoms with van der Waals surface area (Å²) in [4.78, 5) is 0. The van der Waals surface area contributed by atoms with Crippen LogP contribution in [0.1, 0.15) is 24.0 Å². The number of fused-ring (bicyclic) bond motifs is 2. The first-order valence-electron chi connectivity index (χ1n) is 7.76. The number of para-hydroxylation sites is 2. The third-order valence-corrected chi connectivity index (χ3v) is 4.14. The first kappa shape index (κ1) is 19.0. The van der Waals surface area contributed by atoms with Crippen molar-refractivity contribution in [3.05, 3.63) is 59.7 Å². The van der Waals surface area contributed by atoms with E-state index in [2.05, 4.69) is 59.2 Å². The van der Waals surface area contributed by atoms with Crippen LogP contribution in [0.5, 0.6) is 0 Å². The van der Waals surface area contributed by atoms with Gasteiger partial charge in [0.05, 0.1) is 13.1 Å². The molecule has 2 aromatic rings. The van der Waals surface area contributed by atoms with Crippen molar-refractivity contribution in [2.75, 3.05) is 13.1 Å². The molecule has 0 saturated carbocycles. The van der Waals surface area contributed by atoms with E-state index in [-0.39, 0.29) is 24.8 Å². The average Bonchev–Trinajstić information content (AvgIpc) is 2.56. The number of halogens is 2. The van der Waals surface area contributed by atoms with E-state index in [1.807, 2.05) is 0 Å². The fraction of sp³-hybridized carbons (Fsp3) is 0.333. The van der Waals surface area contributed by atoms with Crippen molar-refractivity contribution < 1.29 is 35.4 Å². The SMILES string of the molecule is [Cl-].[Cl-].c1ccc2c(c1)CCC[NH2+]2.c1ccc2c(c1)CCC[NH2+]2. The minimum Gasteiger partial charge on any atom is -1.00 e. The summed E-state index contributed by atoms with van der Waals surface area (Å²) < 4.78 is 0. The van der Waals surface area contributed by atoms with E-state index in [9.17, 15) is 0 Å². The summed E-state index contributed by atoms with van der Waals surface area (Å²) in [6.07, 6.45) is 5.20. The van der Waals surface area contributed by atoms with E-state index in [4.69, 9.17) is 0 Å². The fourth-order valence-electron chi connectivity index (χ4n) is 3.02. The molecule has 0 bridgehead atoms. The molecule has 0 radical (unpaired) electrons. The van der Waals surface area contributed by atoms with Crippen LogP contribution < -0.4 is 35.4 Å². The summed E-state index contributed by atoms with van der Waals surface area (Å²) >= 11 is 0. The van der Waals surface area contributed by atoms with Gasteiger partial charge in [-0.3, -0.25) is 0 Å². The summed E-state index contributed by atoms with van der Waals surface area (Å²) in [5.74, 6) is 0. The van der Waals surface area contributed by atoms with Crippen LogP contribution in [0.4, 0.5) is 11.4 Å². The molecule has 0 aromatic heterocycles. The maximum Gasteiger partial charge on any atom is 0.132 e. The zero-order valence-corrected chi connectivity index (χ0v) is 14.3. The monoisotopic (exact) mass is 338 g/mol. The summed E-state index contributed by atoms with van der Waals surface area (Å²) in [6, 6.07) is 17.3. The molecule has 0 spiro atoms. The van der Waals surface area contributed by atoms with Crippen LogP contribution in [0.15, 0.2) is 48.5 Å². The molecule has 4 N–H and O–H groups in total. The van der Waals surface area contributed by atoms with Crippen molar-refractivity contribution in [3.8, 4) is 0 Å². The maximum atomic E-state index is 2.33. The van der Waals surface area contributed by atoms with E-state index < -0.39 is 0 Å². The van der Waals surface area contributed by atoms with Gasteiger partial charge in [0, 0.05) is 24.0 Å². The Morgan fingerprint density at radius 1 is 0.591 bits per heavy atom. The zero-order chi connectivity index (χ0) is 13.6. The van der Waals surface area contributed by atoms with Crippen LogP contribution >= 0.6 is 0 Å². The lowest BCUT2D eigenvalue weighted by Crippen LogP contribution is -3.00. The number of quaternary nitrogens is 2. The highest BCUT2D eigenvalue weighted by molar-refractivity contribution is 5.40. The standard InChI is InChI=1S/2C9H11N.2ClH/c2*1-2-6-9-8(4-1)5-3-7-10-9;;/h2*1-2,4,6,10H,3,5,7H2;2*1H. The quantitative estimate of drug-likeness (QED) is 0.455. The molecule has 120 valence electrons. The Morgan fingerprint density at radius 3 is 1.41 bits per heavy atom. The second-order valence-electron chi connectivity index (χ2n) is 5.59. The highest BCUT2D eigenvalue weighted by atomic mass is 35.5. The Hall–Kier alpha value is -1.06. The number of benzene rings is 2. The van der Waals surface area contributed by atoms with Gasteiger partial charge < -0.3 is 35.4 Å². The molecule has 2 aliphatic rings. The third kappa shape index (κ3) is 4.99. The first-order chi connectivity index (χ1) is 9.93. The highest BCUT2D eigenvalue weighted by Gasteiger charge is 2.10. The maximum absolute atomic E-state index is 2.33. The molecule has 2 nitrogen and oxygen atoms in total. The molecule has 4 heteroatoms. The van der Waals surface area contributed by atoms with Crippen LogP contribution in [-0.2, 0) is 12.8 Å². The summed E-state index contributed by atoms with van der Waals surface area (Å²) in [5.41, 5.74) is 5.95. The van der Waals surface area contributed by atoms with Crippen molar-refractivity contribution in [3.63, 3.8) is 0 Å². The van der Waals surface area contributed by atoms with Gasteiger partial charge in [-0.2, -0.15) is 0 Å². The zero-order valence-electron chi connectivity index (χ0n) is 12.8. The summed E-state index contributed by atoms with van der Waals surface area (Å²) in [5, 5.41) is 4.66. The minimum absolute atomic E-state index is 0. The molecule has 22 heavy (non-hydrogen) atoms. The molecule has 0 unspecified atom stereocenters. The van der Waals surface area contributed by atoms with Gasteiger partial charge in [0.25, 0.3) is 0 Å². The first-order valence-corrected chi connectivity index (χ1v) is 7.76. The predicted octanol–water partition coefficient (Wildman–Crippen LogP) is -4.34. The Balaban J connectivity index is 0.000000202. The van der Waals surface area contributed by atoms with Crippen molar-refractivity contribution in [2.24, 2.45) is 0 Å². The lowest BCUT2D eigenvalue weighted by Gasteiger charge is -2.11. The largest absolute Gasteiger partial charge is 1.00 e. The third-order valence-electron chi connectivity index (χ3n) is 4.14. The molecular weight excluding hydrogens is 315 g/mol. The Morgan fingerprint density at radius 2 is 1.00 bits per heavy atom. The van der Waals surface area contributed by atoms with Gasteiger partial charge in [-0.25, -0.2) is 0 Å². The number of rotatable bonds is 0. The van der Waals surface area contributed by atoms with Gasteiger partial charge in [0.2, 0.25) is 0 Å². The smallest absolute Gasteiger partial charge is 0.132 e. The van der Waals surface area contributed by atoms with E-state index in [0.29, 0.717) is 0 Å². The highest BCUT2D eigenvalue weighted by Crippen LogP contribution is 2.14. The normalized spacial score (nSPS) is 14.9. The molecule has 4 rings (SSSR count). The van der Waals surface area contributed by atoms with Gasteiger partial charge >= 0.3 is 0 Å². The molecule has 2 aromatic carbocycles. The van der Waals surface area contributed by atoms with E-state index >= 15 is 0 Å². The van der Waals surface area contributed by atoms with Gasteiger partial charge in [-0.1, -0.05) is 36.4 Å². The topological polar surface area (TPSA) is 33.2 Å². The molecule has 0 aliphatic carbocycles. The van der Waals surface area contributed by atoms with Gasteiger partial charge in [0.1, 0.15) is 11.4 Å². The van der Waals surface area contributed by atoms with Gasteiger partial charge in [0.15, 0.2) is 0 Å².